The number of hydrogen-bond acceptors (Lipinski definition) is 4. The number of fused-ring (bicyclic) bond motifs is 2. The third-order valence-corrected chi connectivity index (χ3v) is 4.52. The second-order valence-corrected chi connectivity index (χ2v) is 6.38. The van der Waals surface area contributed by atoms with E-state index >= 15 is 0 Å². The van der Waals surface area contributed by atoms with E-state index in [0.29, 0.717) is 5.39 Å². The zero-order valence-corrected chi connectivity index (χ0v) is 14.7. The first-order valence-corrected chi connectivity index (χ1v) is 8.47. The molecule has 2 heterocycles. The van der Waals surface area contributed by atoms with E-state index in [0.717, 1.165) is 17.0 Å². The molecule has 2 aromatic carbocycles. The van der Waals surface area contributed by atoms with Gasteiger partial charge in [-0.3, -0.25) is 24.3 Å². The summed E-state index contributed by atoms with van der Waals surface area (Å²) in [6.45, 7) is -0.517. The Hall–Kier alpha value is -3.75. The van der Waals surface area contributed by atoms with Gasteiger partial charge in [-0.15, -0.1) is 0 Å². The molecule has 0 atom stereocenters. The van der Waals surface area contributed by atoms with Gasteiger partial charge in [0.1, 0.15) is 6.54 Å². The van der Waals surface area contributed by atoms with Crippen LogP contribution in [0.2, 0.25) is 0 Å². The van der Waals surface area contributed by atoms with Crippen LogP contribution in [-0.2, 0) is 11.0 Å². The molecule has 1 aliphatic rings. The van der Waals surface area contributed by atoms with Gasteiger partial charge in [0.25, 0.3) is 11.8 Å². The van der Waals surface area contributed by atoms with Gasteiger partial charge in [-0.05, 0) is 30.3 Å². The van der Waals surface area contributed by atoms with Gasteiger partial charge in [-0.1, -0.05) is 18.2 Å². The minimum atomic E-state index is -4.51. The normalized spacial score (nSPS) is 13.7. The molecule has 0 bridgehead atoms. The number of alkyl halides is 3. The molecule has 0 unspecified atom stereocenters. The van der Waals surface area contributed by atoms with Crippen LogP contribution in [0.3, 0.4) is 0 Å². The molecule has 29 heavy (non-hydrogen) atoms. The van der Waals surface area contributed by atoms with Crippen LogP contribution >= 0.6 is 0 Å². The van der Waals surface area contributed by atoms with Crippen molar-refractivity contribution in [1.82, 2.24) is 9.88 Å². The lowest BCUT2D eigenvalue weighted by Crippen LogP contribution is -2.37. The fourth-order valence-corrected chi connectivity index (χ4v) is 3.15. The van der Waals surface area contributed by atoms with Crippen molar-refractivity contribution in [2.75, 3.05) is 11.9 Å². The highest BCUT2D eigenvalue weighted by molar-refractivity contribution is 6.22. The van der Waals surface area contributed by atoms with Crippen molar-refractivity contribution in [3.05, 3.63) is 71.4 Å². The summed E-state index contributed by atoms with van der Waals surface area (Å²) in [5.74, 6) is -1.81. The van der Waals surface area contributed by atoms with Crippen molar-refractivity contribution < 1.29 is 27.6 Å². The fourth-order valence-electron chi connectivity index (χ4n) is 3.15. The zero-order chi connectivity index (χ0) is 20.8. The highest BCUT2D eigenvalue weighted by atomic mass is 19.4. The van der Waals surface area contributed by atoms with Gasteiger partial charge in [0.2, 0.25) is 5.91 Å². The Morgan fingerprint density at radius 3 is 2.28 bits per heavy atom. The van der Waals surface area contributed by atoms with E-state index < -0.39 is 36.0 Å². The summed E-state index contributed by atoms with van der Waals surface area (Å²) >= 11 is 0. The van der Waals surface area contributed by atoms with Crippen molar-refractivity contribution in [2.45, 2.75) is 6.18 Å². The number of amides is 3. The molecule has 146 valence electrons. The number of carbonyl (C=O) groups excluding carboxylic acids is 3. The summed E-state index contributed by atoms with van der Waals surface area (Å²) in [5, 5.41) is 2.83. The lowest BCUT2D eigenvalue weighted by atomic mass is 10.1. The summed E-state index contributed by atoms with van der Waals surface area (Å²) in [6, 6.07) is 10.7. The van der Waals surface area contributed by atoms with Crippen LogP contribution in [0.5, 0.6) is 0 Å². The average Bonchev–Trinajstić information content (AvgIpc) is 2.92. The number of anilines is 1. The van der Waals surface area contributed by atoms with E-state index in [9.17, 15) is 27.6 Å². The van der Waals surface area contributed by atoms with Gasteiger partial charge in [-0.2, -0.15) is 13.2 Å². The Kier molecular flexibility index (Phi) is 4.30. The monoisotopic (exact) mass is 399 g/mol. The molecule has 9 heteroatoms. The maximum atomic E-state index is 12.9. The topological polar surface area (TPSA) is 79.4 Å². The van der Waals surface area contributed by atoms with Crippen LogP contribution in [0.4, 0.5) is 18.9 Å². The van der Waals surface area contributed by atoms with Crippen LogP contribution in [0, 0.1) is 0 Å². The number of nitrogens with one attached hydrogen (secondary N) is 1. The summed E-state index contributed by atoms with van der Waals surface area (Å²) in [7, 11) is 0. The highest BCUT2D eigenvalue weighted by Crippen LogP contribution is 2.32. The summed E-state index contributed by atoms with van der Waals surface area (Å²) < 4.78 is 38.6. The second kappa shape index (κ2) is 6.69. The van der Waals surface area contributed by atoms with E-state index in [1.165, 1.54) is 30.5 Å². The van der Waals surface area contributed by atoms with E-state index in [2.05, 4.69) is 10.3 Å². The highest BCUT2D eigenvalue weighted by Gasteiger charge is 2.36. The number of benzene rings is 2. The standard InChI is InChI=1S/C20H12F3N3O3/c21-20(22,23)11-5-6-14-15(7-8-24-16(14)9-11)25-17(27)10-26-18(28)12-3-1-2-4-13(12)19(26)29/h1-9H,10H2,(H,24,25,27). The Labute approximate surface area is 161 Å². The maximum Gasteiger partial charge on any atom is 0.416 e. The molecule has 1 aromatic heterocycles. The predicted octanol–water partition coefficient (Wildman–Crippen LogP) is 3.49. The van der Waals surface area contributed by atoms with Crippen LogP contribution < -0.4 is 5.32 Å². The number of carbonyl (C=O) groups is 3. The van der Waals surface area contributed by atoms with Gasteiger partial charge >= 0.3 is 6.18 Å². The van der Waals surface area contributed by atoms with Crippen LogP contribution in [0.15, 0.2) is 54.7 Å². The van der Waals surface area contributed by atoms with Crippen LogP contribution in [0.1, 0.15) is 26.3 Å². The molecule has 0 aliphatic carbocycles. The number of rotatable bonds is 3. The number of halogens is 3. The summed E-state index contributed by atoms with van der Waals surface area (Å²) in [6.07, 6.45) is -3.25. The average molecular weight is 399 g/mol. The molecule has 6 nitrogen and oxygen atoms in total. The van der Waals surface area contributed by atoms with Gasteiger partial charge in [0.05, 0.1) is 27.9 Å². The lowest BCUT2D eigenvalue weighted by Gasteiger charge is -2.15. The molecular formula is C20H12F3N3O3. The van der Waals surface area contributed by atoms with Gasteiger partial charge in [0, 0.05) is 11.6 Å². The van der Waals surface area contributed by atoms with E-state index in [4.69, 9.17) is 0 Å². The smallest absolute Gasteiger partial charge is 0.324 e. The van der Waals surface area contributed by atoms with Crippen molar-refractivity contribution in [3.8, 4) is 0 Å². The minimum Gasteiger partial charge on any atom is -0.324 e. The molecule has 3 amide bonds. The number of imide groups is 1. The summed E-state index contributed by atoms with van der Waals surface area (Å²) in [4.78, 5) is 41.9. The molecule has 1 N–H and O–H groups in total. The second-order valence-electron chi connectivity index (χ2n) is 6.38. The minimum absolute atomic E-state index is 0.0540. The lowest BCUT2D eigenvalue weighted by molar-refractivity contribution is -0.137. The number of aromatic nitrogens is 1. The van der Waals surface area contributed by atoms with Crippen molar-refractivity contribution in [3.63, 3.8) is 0 Å². The maximum absolute atomic E-state index is 12.9. The molecule has 0 saturated heterocycles. The largest absolute Gasteiger partial charge is 0.416 e. The van der Waals surface area contributed by atoms with Crippen molar-refractivity contribution in [1.29, 1.82) is 0 Å². The van der Waals surface area contributed by atoms with Gasteiger partial charge in [-0.25, -0.2) is 0 Å². The number of nitrogens with zero attached hydrogens (tertiary/aromatic N) is 2. The Morgan fingerprint density at radius 1 is 1.00 bits per heavy atom. The zero-order valence-electron chi connectivity index (χ0n) is 14.7. The first kappa shape index (κ1) is 18.6. The molecule has 1 aliphatic heterocycles. The SMILES string of the molecule is O=C(CN1C(=O)c2ccccc2C1=O)Nc1ccnc2cc(C(F)(F)F)ccc12. The Morgan fingerprint density at radius 2 is 1.66 bits per heavy atom. The molecule has 0 spiro atoms. The number of hydrogen-bond donors (Lipinski definition) is 1. The predicted molar refractivity (Wildman–Crippen MR) is 97.2 cm³/mol. The first-order chi connectivity index (χ1) is 13.8. The molecule has 0 radical (unpaired) electrons. The van der Waals surface area contributed by atoms with Crippen LogP contribution in [-0.4, -0.2) is 34.2 Å². The quantitative estimate of drug-likeness (QED) is 0.684. The summed E-state index contributed by atoms with van der Waals surface area (Å²) in [5.41, 5.74) is -0.130. The fraction of sp³-hybridized carbons (Fsp3) is 0.100. The third kappa shape index (κ3) is 3.31. The van der Waals surface area contributed by atoms with Crippen molar-refractivity contribution >= 4 is 34.3 Å². The third-order valence-electron chi connectivity index (χ3n) is 4.52. The van der Waals surface area contributed by atoms with E-state index in [1.807, 2.05) is 0 Å². The Balaban J connectivity index is 1.56. The molecule has 0 fully saturated rings. The van der Waals surface area contributed by atoms with Crippen LogP contribution in [0.25, 0.3) is 10.9 Å². The van der Waals surface area contributed by atoms with Gasteiger partial charge in [0.15, 0.2) is 0 Å². The Bertz CT molecular complexity index is 1140. The van der Waals surface area contributed by atoms with E-state index in [-0.39, 0.29) is 22.3 Å². The first-order valence-electron chi connectivity index (χ1n) is 8.47. The molecule has 4 rings (SSSR count). The molecule has 0 saturated carbocycles. The van der Waals surface area contributed by atoms with E-state index in [1.54, 1.807) is 12.1 Å². The molecule has 3 aromatic rings. The number of pyridine rings is 1. The van der Waals surface area contributed by atoms with Gasteiger partial charge < -0.3 is 5.32 Å². The molecular weight excluding hydrogens is 387 g/mol. The van der Waals surface area contributed by atoms with Crippen molar-refractivity contribution in [2.24, 2.45) is 0 Å².